The van der Waals surface area contributed by atoms with Crippen molar-refractivity contribution in [1.29, 1.82) is 0 Å². The summed E-state index contributed by atoms with van der Waals surface area (Å²) in [6, 6.07) is -0.622. The third-order valence-corrected chi connectivity index (χ3v) is 3.19. The molecule has 0 saturated carbocycles. The first-order chi connectivity index (χ1) is 9.36. The fraction of sp³-hybridized carbons (Fsp3) is 0.615. The van der Waals surface area contributed by atoms with E-state index in [-0.39, 0.29) is 12.5 Å². The molecule has 3 N–H and O–H groups in total. The Hall–Kier alpha value is -2.05. The number of hydrogen-bond donors (Lipinski definition) is 2. The van der Waals surface area contributed by atoms with Crippen LogP contribution in [0.4, 0.5) is 4.79 Å². The van der Waals surface area contributed by atoms with E-state index in [9.17, 15) is 9.59 Å². The van der Waals surface area contributed by atoms with E-state index in [1.807, 2.05) is 18.5 Å². The maximum absolute atomic E-state index is 11.7. The van der Waals surface area contributed by atoms with Crippen LogP contribution in [-0.2, 0) is 17.9 Å². The summed E-state index contributed by atoms with van der Waals surface area (Å²) < 4.78 is 1.95. The number of hydrogen-bond acceptors (Lipinski definition) is 3. The van der Waals surface area contributed by atoms with Gasteiger partial charge in [0.1, 0.15) is 6.54 Å². The number of carbonyl (C=O) groups excluding carboxylic acids is 2. The molecule has 112 valence electrons. The third kappa shape index (κ3) is 3.97. The lowest BCUT2D eigenvalue weighted by Gasteiger charge is -2.13. The number of primary amides is 1. The van der Waals surface area contributed by atoms with Gasteiger partial charge in [-0.05, 0) is 20.3 Å². The molecule has 3 amide bonds. The summed E-state index contributed by atoms with van der Waals surface area (Å²) in [6.07, 6.45) is 1.01. The van der Waals surface area contributed by atoms with Crippen molar-refractivity contribution in [2.24, 2.45) is 5.73 Å². The first-order valence-corrected chi connectivity index (χ1v) is 6.67. The molecule has 0 aliphatic rings. The van der Waals surface area contributed by atoms with Crippen molar-refractivity contribution < 1.29 is 9.59 Å². The third-order valence-electron chi connectivity index (χ3n) is 3.19. The van der Waals surface area contributed by atoms with Crippen molar-refractivity contribution in [1.82, 2.24) is 20.0 Å². The first kappa shape index (κ1) is 16.0. The number of rotatable bonds is 6. The fourth-order valence-corrected chi connectivity index (χ4v) is 1.96. The van der Waals surface area contributed by atoms with E-state index in [2.05, 4.69) is 17.3 Å². The average molecular weight is 281 g/mol. The van der Waals surface area contributed by atoms with Crippen LogP contribution in [0.3, 0.4) is 0 Å². The molecule has 0 spiro atoms. The predicted octanol–water partition coefficient (Wildman–Crippen LogP) is 0.537. The van der Waals surface area contributed by atoms with E-state index in [1.165, 1.54) is 7.05 Å². The van der Waals surface area contributed by atoms with E-state index in [4.69, 9.17) is 5.73 Å². The normalized spacial score (nSPS) is 10.4. The number of aromatic nitrogens is 2. The van der Waals surface area contributed by atoms with Crippen LogP contribution < -0.4 is 11.1 Å². The molecule has 0 bridgehead atoms. The molecule has 0 saturated heterocycles. The molecule has 7 nitrogen and oxygen atoms in total. The maximum Gasteiger partial charge on any atom is 0.314 e. The Bertz CT molecular complexity index is 495. The van der Waals surface area contributed by atoms with Crippen molar-refractivity contribution in [3.8, 4) is 0 Å². The Labute approximate surface area is 119 Å². The summed E-state index contributed by atoms with van der Waals surface area (Å²) in [5, 5.41) is 7.23. The standard InChI is InChI=1S/C13H23N5O2/c1-5-6-18-10(3)11(9(2)16-18)7-15-12(19)8-17(4)13(14)20/h5-8H2,1-4H3,(H2,14,20)(H,15,19). The molecule has 20 heavy (non-hydrogen) atoms. The Balaban J connectivity index is 2.61. The zero-order chi connectivity index (χ0) is 15.3. The van der Waals surface area contributed by atoms with Crippen LogP contribution >= 0.6 is 0 Å². The van der Waals surface area contributed by atoms with Crippen LogP contribution in [0.15, 0.2) is 0 Å². The number of likely N-dealkylation sites (N-methyl/N-ethyl adjacent to an activating group) is 1. The average Bonchev–Trinajstić information content (AvgIpc) is 2.62. The number of urea groups is 1. The van der Waals surface area contributed by atoms with E-state index in [1.54, 1.807) is 0 Å². The fourth-order valence-electron chi connectivity index (χ4n) is 1.96. The Morgan fingerprint density at radius 3 is 2.60 bits per heavy atom. The molecule has 0 radical (unpaired) electrons. The van der Waals surface area contributed by atoms with Crippen LogP contribution in [0, 0.1) is 13.8 Å². The number of nitrogens with one attached hydrogen (secondary N) is 1. The summed E-state index contributed by atoms with van der Waals surface area (Å²) in [4.78, 5) is 23.7. The van der Waals surface area contributed by atoms with Crippen molar-refractivity contribution in [3.05, 3.63) is 17.0 Å². The highest BCUT2D eigenvalue weighted by atomic mass is 16.2. The maximum atomic E-state index is 11.7. The molecule has 1 heterocycles. The van der Waals surface area contributed by atoms with Gasteiger partial charge < -0.3 is 16.0 Å². The first-order valence-electron chi connectivity index (χ1n) is 6.67. The monoisotopic (exact) mass is 281 g/mol. The lowest BCUT2D eigenvalue weighted by Crippen LogP contribution is -2.40. The molecular weight excluding hydrogens is 258 g/mol. The molecule has 1 rings (SSSR count). The minimum Gasteiger partial charge on any atom is -0.351 e. The zero-order valence-electron chi connectivity index (χ0n) is 12.6. The number of nitrogens with two attached hydrogens (primary N) is 1. The van der Waals surface area contributed by atoms with Crippen LogP contribution in [0.2, 0.25) is 0 Å². The molecule has 7 heteroatoms. The van der Waals surface area contributed by atoms with Crippen molar-refractivity contribution >= 4 is 11.9 Å². The number of nitrogens with zero attached hydrogens (tertiary/aromatic N) is 3. The lowest BCUT2D eigenvalue weighted by atomic mass is 10.2. The molecule has 0 unspecified atom stereocenters. The van der Waals surface area contributed by atoms with Crippen molar-refractivity contribution in [2.45, 2.75) is 40.3 Å². The molecule has 0 aliphatic heterocycles. The van der Waals surface area contributed by atoms with Gasteiger partial charge in [-0.15, -0.1) is 0 Å². The highest BCUT2D eigenvalue weighted by Gasteiger charge is 2.13. The summed E-state index contributed by atoms with van der Waals surface area (Å²) in [5.74, 6) is -0.242. The quantitative estimate of drug-likeness (QED) is 0.796. The van der Waals surface area contributed by atoms with Crippen molar-refractivity contribution in [2.75, 3.05) is 13.6 Å². The molecule has 1 aromatic rings. The van der Waals surface area contributed by atoms with E-state index in [0.717, 1.165) is 34.8 Å². The van der Waals surface area contributed by atoms with Crippen molar-refractivity contribution in [3.63, 3.8) is 0 Å². The highest BCUT2D eigenvalue weighted by molar-refractivity contribution is 5.83. The van der Waals surface area contributed by atoms with Crippen LogP contribution in [-0.4, -0.2) is 40.2 Å². The molecule has 1 aromatic heterocycles. The molecule has 0 aromatic carbocycles. The molecular formula is C13H23N5O2. The van der Waals surface area contributed by atoms with E-state index in [0.29, 0.717) is 6.54 Å². The van der Waals surface area contributed by atoms with Crippen LogP contribution in [0.5, 0.6) is 0 Å². The molecule has 0 aliphatic carbocycles. The summed E-state index contributed by atoms with van der Waals surface area (Å²) >= 11 is 0. The molecule has 0 atom stereocenters. The minimum atomic E-state index is -0.622. The minimum absolute atomic E-state index is 0.0451. The summed E-state index contributed by atoms with van der Waals surface area (Å²) in [5.41, 5.74) is 8.07. The van der Waals surface area contributed by atoms with Gasteiger partial charge >= 0.3 is 6.03 Å². The van der Waals surface area contributed by atoms with E-state index >= 15 is 0 Å². The number of amides is 3. The smallest absolute Gasteiger partial charge is 0.314 e. The highest BCUT2D eigenvalue weighted by Crippen LogP contribution is 2.13. The van der Waals surface area contributed by atoms with Gasteiger partial charge in [0, 0.05) is 31.4 Å². The largest absolute Gasteiger partial charge is 0.351 e. The number of aryl methyl sites for hydroxylation is 2. The van der Waals surface area contributed by atoms with E-state index < -0.39 is 6.03 Å². The van der Waals surface area contributed by atoms with Gasteiger partial charge in [-0.3, -0.25) is 9.48 Å². The molecule has 0 fully saturated rings. The Morgan fingerprint density at radius 1 is 1.40 bits per heavy atom. The van der Waals surface area contributed by atoms with Gasteiger partial charge in [0.05, 0.1) is 5.69 Å². The van der Waals surface area contributed by atoms with Gasteiger partial charge in [-0.1, -0.05) is 6.92 Å². The second kappa shape index (κ2) is 6.93. The Morgan fingerprint density at radius 2 is 2.05 bits per heavy atom. The number of carbonyl (C=O) groups is 2. The predicted molar refractivity (Wildman–Crippen MR) is 76.1 cm³/mol. The summed E-state index contributed by atoms with van der Waals surface area (Å²) in [7, 11) is 1.48. The Kier molecular flexibility index (Phi) is 5.54. The zero-order valence-corrected chi connectivity index (χ0v) is 12.6. The SMILES string of the molecule is CCCn1nc(C)c(CNC(=O)CN(C)C(N)=O)c1C. The second-order valence-electron chi connectivity index (χ2n) is 4.84. The van der Waals surface area contributed by atoms with Gasteiger partial charge in [0.2, 0.25) is 5.91 Å². The van der Waals surface area contributed by atoms with Gasteiger partial charge in [-0.25, -0.2) is 4.79 Å². The van der Waals surface area contributed by atoms with Crippen LogP contribution in [0.1, 0.15) is 30.3 Å². The van der Waals surface area contributed by atoms with Gasteiger partial charge in [0.15, 0.2) is 0 Å². The van der Waals surface area contributed by atoms with Crippen LogP contribution in [0.25, 0.3) is 0 Å². The van der Waals surface area contributed by atoms with Gasteiger partial charge in [0.25, 0.3) is 0 Å². The lowest BCUT2D eigenvalue weighted by molar-refractivity contribution is -0.121. The topological polar surface area (TPSA) is 93.2 Å². The second-order valence-corrected chi connectivity index (χ2v) is 4.84. The summed E-state index contributed by atoms with van der Waals surface area (Å²) in [6.45, 7) is 7.24. The van der Waals surface area contributed by atoms with Gasteiger partial charge in [-0.2, -0.15) is 5.10 Å².